The van der Waals surface area contributed by atoms with Crippen molar-refractivity contribution in [3.63, 3.8) is 0 Å². The molecule has 0 amide bonds. The normalized spacial score (nSPS) is 38.7. The van der Waals surface area contributed by atoms with Crippen molar-refractivity contribution in [1.82, 2.24) is 9.88 Å². The summed E-state index contributed by atoms with van der Waals surface area (Å²) < 4.78 is 52.9. The number of hydrogen-bond donors (Lipinski definition) is 1. The van der Waals surface area contributed by atoms with Crippen LogP contribution in [-0.2, 0) is 42.8 Å². The van der Waals surface area contributed by atoms with Gasteiger partial charge < -0.3 is 43.3 Å². The average Bonchev–Trinajstić information content (AvgIpc) is 3.50. The maximum absolute atomic E-state index is 16.8. The van der Waals surface area contributed by atoms with Crippen LogP contribution in [0.25, 0.3) is 17.0 Å². The molecule has 0 unspecified atom stereocenters. The zero-order chi connectivity index (χ0) is 42.7. The highest BCUT2D eigenvalue weighted by atomic mass is 19.1. The van der Waals surface area contributed by atoms with E-state index >= 15 is 4.39 Å². The highest BCUT2D eigenvalue weighted by Crippen LogP contribution is 2.43. The Morgan fingerprint density at radius 2 is 1.78 bits per heavy atom. The second-order valence-electron chi connectivity index (χ2n) is 16.7. The lowest BCUT2D eigenvalue weighted by molar-refractivity contribution is -0.295. The first-order chi connectivity index (χ1) is 27.3. The summed E-state index contributed by atoms with van der Waals surface area (Å²) in [6.45, 7) is 12.8. The highest BCUT2D eigenvalue weighted by Gasteiger charge is 2.60. The zero-order valence-electron chi connectivity index (χ0n) is 35.5. The minimum atomic E-state index is -3.16. The number of cyclic esters (lactones) is 1. The Bertz CT molecular complexity index is 1860. The summed E-state index contributed by atoms with van der Waals surface area (Å²) in [5, 5.41) is 17.1. The molecule has 1 aromatic carbocycles. The van der Waals surface area contributed by atoms with E-state index in [1.807, 2.05) is 69.3 Å². The molecule has 3 fully saturated rings. The maximum Gasteiger partial charge on any atom is 0.509 e. The van der Waals surface area contributed by atoms with Gasteiger partial charge in [-0.1, -0.05) is 57.1 Å². The molecule has 0 bridgehead atoms. The Hall–Kier alpha value is -4.02. The van der Waals surface area contributed by atoms with E-state index in [1.54, 1.807) is 40.0 Å². The van der Waals surface area contributed by atoms with Gasteiger partial charge in [0.1, 0.15) is 18.8 Å². The first-order valence-electron chi connectivity index (χ1n) is 20.0. The number of hydrogen-bond acceptors (Lipinski definition) is 14. The molecule has 5 rings (SSSR count). The molecule has 15 heteroatoms. The summed E-state index contributed by atoms with van der Waals surface area (Å²) in [7, 11) is 5.10. The van der Waals surface area contributed by atoms with Gasteiger partial charge in [-0.2, -0.15) is 0 Å². The Kier molecular flexibility index (Phi) is 14.0. The monoisotopic (exact) mass is 813 g/mol. The Balaban J connectivity index is 1.56. The van der Waals surface area contributed by atoms with Crippen LogP contribution in [0.3, 0.4) is 0 Å². The number of halogens is 1. The number of ketones is 1. The third-order valence-corrected chi connectivity index (χ3v) is 12.1. The lowest BCUT2D eigenvalue weighted by Gasteiger charge is -2.47. The molecule has 3 aliphatic heterocycles. The fourth-order valence-electron chi connectivity index (χ4n) is 8.75. The molecule has 1 aromatic heterocycles. The lowest BCUT2D eigenvalue weighted by Crippen LogP contribution is -2.61. The molecular formula is C43H60FN3O11. The summed E-state index contributed by atoms with van der Waals surface area (Å²) in [5.41, 5.74) is -3.98. The van der Waals surface area contributed by atoms with Gasteiger partial charge >= 0.3 is 12.1 Å². The number of alkyl halides is 1. The largest absolute Gasteiger partial charge is 0.509 e. The van der Waals surface area contributed by atoms with Crippen LogP contribution in [0.4, 0.5) is 9.18 Å². The zero-order valence-corrected chi connectivity index (χ0v) is 35.5. The van der Waals surface area contributed by atoms with Gasteiger partial charge in [0.25, 0.3) is 5.67 Å². The number of methoxy groups -OCH3 is 1. The summed E-state index contributed by atoms with van der Waals surface area (Å²) >= 11 is 0. The van der Waals surface area contributed by atoms with E-state index in [0.29, 0.717) is 12.1 Å². The molecule has 13 atom stereocenters. The van der Waals surface area contributed by atoms with E-state index in [9.17, 15) is 19.5 Å². The van der Waals surface area contributed by atoms with Crippen LogP contribution < -0.4 is 0 Å². The number of esters is 1. The number of carbonyl (C=O) groups excluding carboxylic acids is 3. The van der Waals surface area contributed by atoms with Crippen molar-refractivity contribution in [2.24, 2.45) is 22.9 Å². The first-order valence-corrected chi connectivity index (χ1v) is 20.0. The number of pyridine rings is 1. The Morgan fingerprint density at radius 3 is 2.45 bits per heavy atom. The van der Waals surface area contributed by atoms with Crippen LogP contribution in [0.5, 0.6) is 0 Å². The summed E-state index contributed by atoms with van der Waals surface area (Å²) in [5.74, 6) is -5.17. The maximum atomic E-state index is 16.8. The molecule has 3 aliphatic rings. The SMILES string of the molecule is CC[C@H]1OC(=O)[C@@](C)(F)C(=O)[C@H](C)[C@@H](O[C@@H]2O[C@H](C)C[C@H](N(C)C)[C@H]2O)[C@](C)(OC)C[C@@H](C)/C(=N\OC/C=C/c2cnc3ccccc3c2)[C@H](C)[C@H]2OC(=O)O[C@@]21C. The molecule has 58 heavy (non-hydrogen) atoms. The van der Waals surface area contributed by atoms with Gasteiger partial charge in [0.05, 0.1) is 29.0 Å². The number of benzene rings is 1. The first kappa shape index (κ1) is 45.1. The lowest BCUT2D eigenvalue weighted by atomic mass is 9.73. The summed E-state index contributed by atoms with van der Waals surface area (Å²) in [6.07, 6.45) is -1.16. The number of oxime groups is 1. The van der Waals surface area contributed by atoms with Crippen molar-refractivity contribution in [3.05, 3.63) is 48.2 Å². The van der Waals surface area contributed by atoms with Crippen LogP contribution >= 0.6 is 0 Å². The average molecular weight is 814 g/mol. The minimum absolute atomic E-state index is 0.0687. The van der Waals surface area contributed by atoms with Crippen molar-refractivity contribution in [3.8, 4) is 0 Å². The van der Waals surface area contributed by atoms with Crippen LogP contribution in [0.1, 0.15) is 80.2 Å². The van der Waals surface area contributed by atoms with E-state index in [4.69, 9.17) is 33.3 Å². The number of carbonyl (C=O) groups is 3. The smallest absolute Gasteiger partial charge is 0.455 e. The topological polar surface area (TPSA) is 165 Å². The quantitative estimate of drug-likeness (QED) is 0.135. The number of Topliss-reactive ketones (excluding diaryl/α,β-unsaturated/α-hetero) is 1. The number of likely N-dealkylation sites (N-methyl/N-ethyl adjacent to an activating group) is 1. The van der Waals surface area contributed by atoms with Crippen molar-refractivity contribution in [1.29, 1.82) is 0 Å². The van der Waals surface area contributed by atoms with E-state index in [0.717, 1.165) is 23.4 Å². The molecule has 320 valence electrons. The fourth-order valence-corrected chi connectivity index (χ4v) is 8.75. The predicted molar refractivity (Wildman–Crippen MR) is 213 cm³/mol. The van der Waals surface area contributed by atoms with Gasteiger partial charge in [0.15, 0.2) is 23.8 Å². The molecule has 1 N–H and O–H groups in total. The van der Waals surface area contributed by atoms with Crippen molar-refractivity contribution in [2.45, 2.75) is 134 Å². The van der Waals surface area contributed by atoms with E-state index in [-0.39, 0.29) is 31.6 Å². The second-order valence-corrected chi connectivity index (χ2v) is 16.7. The minimum Gasteiger partial charge on any atom is -0.455 e. The van der Waals surface area contributed by atoms with Crippen LogP contribution in [0.15, 0.2) is 47.8 Å². The Labute approximate surface area is 340 Å². The predicted octanol–water partition coefficient (Wildman–Crippen LogP) is 6.06. The molecule has 0 spiro atoms. The van der Waals surface area contributed by atoms with E-state index in [2.05, 4.69) is 10.1 Å². The number of nitrogens with zero attached hydrogens (tertiary/aromatic N) is 3. The van der Waals surface area contributed by atoms with Gasteiger partial charge in [-0.15, -0.1) is 0 Å². The molecule has 3 saturated heterocycles. The Morgan fingerprint density at radius 1 is 1.07 bits per heavy atom. The van der Waals surface area contributed by atoms with E-state index in [1.165, 1.54) is 14.0 Å². The summed E-state index contributed by atoms with van der Waals surface area (Å²) in [6, 6.07) is 9.46. The third-order valence-electron chi connectivity index (χ3n) is 12.1. The fraction of sp³-hybridized carbons (Fsp3) is 0.651. The van der Waals surface area contributed by atoms with Crippen LogP contribution in [0, 0.1) is 17.8 Å². The van der Waals surface area contributed by atoms with Crippen molar-refractivity contribution >= 4 is 40.6 Å². The number of fused-ring (bicyclic) bond motifs is 2. The van der Waals surface area contributed by atoms with Gasteiger partial charge in [0.2, 0.25) is 0 Å². The number of ether oxygens (including phenoxy) is 6. The van der Waals surface area contributed by atoms with E-state index < -0.39 is 83.2 Å². The molecular weight excluding hydrogens is 753 g/mol. The number of para-hydroxylation sites is 1. The third kappa shape index (κ3) is 9.23. The highest BCUT2D eigenvalue weighted by molar-refractivity contribution is 6.08. The van der Waals surface area contributed by atoms with Gasteiger partial charge in [-0.05, 0) is 84.8 Å². The second kappa shape index (κ2) is 18.1. The molecule has 0 saturated carbocycles. The van der Waals surface area contributed by atoms with Crippen molar-refractivity contribution in [2.75, 3.05) is 27.8 Å². The van der Waals surface area contributed by atoms with Crippen molar-refractivity contribution < 1.29 is 57.1 Å². The summed E-state index contributed by atoms with van der Waals surface area (Å²) in [4.78, 5) is 53.2. The van der Waals surface area contributed by atoms with Crippen LogP contribution in [-0.4, -0.2) is 126 Å². The van der Waals surface area contributed by atoms with Crippen LogP contribution in [0.2, 0.25) is 0 Å². The number of aliphatic hydroxyl groups is 1. The van der Waals surface area contributed by atoms with Gasteiger partial charge in [-0.25, -0.2) is 14.0 Å². The standard InChI is InChI=1S/C43H60FN3O11/c1-12-32-43(8)37(57-40(51)58-43)26(4)33(46-53-19-15-16-28-21-29-17-13-14-18-30(29)45-23-28)24(2)22-41(6,52-11)36(27(5)35(49)42(7,44)39(50)55-32)56-38-34(48)31(47(9)10)20-25(3)54-38/h13-18,21,23-27,31-32,34,36-38,48H,12,19-20,22H2,1-11H3/b16-15+,46-33+/t24-,25-,26+,27+,31+,32-,34-,36-,37-,38+,41-,42+,43-/m1/s1. The number of aliphatic hydroxyl groups excluding tert-OH is 1. The molecule has 0 radical (unpaired) electrons. The van der Waals surface area contributed by atoms with Gasteiger partial charge in [0, 0.05) is 42.5 Å². The van der Waals surface area contributed by atoms with Gasteiger partial charge in [-0.3, -0.25) is 9.78 Å². The molecule has 4 heterocycles. The molecule has 0 aliphatic carbocycles. The molecule has 2 aromatic rings. The molecule has 14 nitrogen and oxygen atoms in total. The number of aromatic nitrogens is 1. The number of rotatable bonds is 9.